The fraction of sp³-hybridized carbons (Fsp3) is 0.786. The molecule has 0 aliphatic heterocycles. The second kappa shape index (κ2) is 4.84. The molecule has 0 aromatic heterocycles. The molecule has 0 radical (unpaired) electrons. The van der Waals surface area contributed by atoms with Crippen molar-refractivity contribution in [3.05, 3.63) is 0 Å². The lowest BCUT2D eigenvalue weighted by atomic mass is 9.88. The summed E-state index contributed by atoms with van der Waals surface area (Å²) in [6.45, 7) is 8.48. The molecule has 1 saturated carbocycles. The Bertz CT molecular complexity index is 349. The highest BCUT2D eigenvalue weighted by molar-refractivity contribution is 6.73. The zero-order valence-corrected chi connectivity index (χ0v) is 12.5. The first kappa shape index (κ1) is 14.3. The van der Waals surface area contributed by atoms with Gasteiger partial charge in [-0.1, -0.05) is 26.7 Å². The summed E-state index contributed by atoms with van der Waals surface area (Å²) in [5.74, 6) is 2.78. The van der Waals surface area contributed by atoms with Crippen molar-refractivity contribution < 1.29 is 4.43 Å². The maximum absolute atomic E-state index is 9.33. The minimum Gasteiger partial charge on any atom is -0.400 e. The number of nitrogens with zero attached hydrogens (tertiary/aromatic N) is 1. The fourth-order valence-corrected chi connectivity index (χ4v) is 5.54. The molecule has 0 saturated heterocycles. The average molecular weight is 249 g/mol. The van der Waals surface area contributed by atoms with E-state index in [1.165, 1.54) is 0 Å². The van der Waals surface area contributed by atoms with Crippen LogP contribution >= 0.6 is 0 Å². The van der Waals surface area contributed by atoms with E-state index in [9.17, 15) is 5.26 Å². The molecule has 1 fully saturated rings. The van der Waals surface area contributed by atoms with Crippen molar-refractivity contribution in [2.75, 3.05) is 0 Å². The van der Waals surface area contributed by atoms with E-state index >= 15 is 0 Å². The number of terminal acetylenes is 1. The molecule has 0 spiro atoms. The Labute approximate surface area is 106 Å². The van der Waals surface area contributed by atoms with E-state index in [0.717, 1.165) is 31.0 Å². The number of hydrogen-bond acceptors (Lipinski definition) is 2. The van der Waals surface area contributed by atoms with Gasteiger partial charge in [0.05, 0.1) is 11.5 Å². The molecular weight excluding hydrogens is 226 g/mol. The van der Waals surface area contributed by atoms with Crippen LogP contribution in [0, 0.1) is 29.1 Å². The van der Waals surface area contributed by atoms with Crippen LogP contribution in [0.5, 0.6) is 0 Å². The van der Waals surface area contributed by atoms with Crippen molar-refractivity contribution >= 4 is 8.32 Å². The van der Waals surface area contributed by atoms with Gasteiger partial charge in [0, 0.05) is 0 Å². The van der Waals surface area contributed by atoms with Crippen molar-refractivity contribution in [1.29, 1.82) is 5.26 Å². The Hall–Kier alpha value is -0.773. The second-order valence-electron chi connectivity index (χ2n) is 5.22. The average Bonchev–Trinajstić information content (AvgIpc) is 3.17. The predicted octanol–water partition coefficient (Wildman–Crippen LogP) is 3.70. The molecular formula is C14H23NOSi. The molecule has 1 aliphatic carbocycles. The molecule has 1 rings (SSSR count). The lowest BCUT2D eigenvalue weighted by Gasteiger charge is -2.40. The molecule has 1 aliphatic rings. The summed E-state index contributed by atoms with van der Waals surface area (Å²) in [5, 5.41) is 9.33. The highest BCUT2D eigenvalue weighted by Crippen LogP contribution is 2.56. The maximum Gasteiger partial charge on any atom is 0.194 e. The van der Waals surface area contributed by atoms with E-state index in [1.54, 1.807) is 0 Å². The van der Waals surface area contributed by atoms with Gasteiger partial charge in [-0.25, -0.2) is 0 Å². The summed E-state index contributed by atoms with van der Waals surface area (Å²) in [6, 6.07) is 5.60. The highest BCUT2D eigenvalue weighted by atomic mass is 28.4. The molecule has 0 bridgehead atoms. The number of hydrogen-bond donors (Lipinski definition) is 0. The van der Waals surface area contributed by atoms with Gasteiger partial charge in [-0.2, -0.15) is 5.26 Å². The molecule has 94 valence electrons. The molecule has 0 aromatic carbocycles. The first-order valence-electron chi connectivity index (χ1n) is 6.56. The van der Waals surface area contributed by atoms with E-state index < -0.39 is 19.3 Å². The summed E-state index contributed by atoms with van der Waals surface area (Å²) in [7, 11) is -1.75. The van der Waals surface area contributed by atoms with Crippen molar-refractivity contribution in [3.63, 3.8) is 0 Å². The number of rotatable bonds is 6. The summed E-state index contributed by atoms with van der Waals surface area (Å²) in [4.78, 5) is 0. The standard InChI is InChI=1S/C14H23NOSi/c1-6-13(5,14(12-15)10-11-14)16-17(7-2,8-3)9-4/h1H,7-11H2,2-5H3/t13-/m1/s1. The van der Waals surface area contributed by atoms with Gasteiger partial charge in [-0.15, -0.1) is 6.42 Å². The van der Waals surface area contributed by atoms with Crippen molar-refractivity contribution in [1.82, 2.24) is 0 Å². The van der Waals surface area contributed by atoms with Crippen LogP contribution in [0.1, 0.15) is 40.5 Å². The third-order valence-electron chi connectivity index (χ3n) is 4.51. The molecule has 1 atom stereocenters. The van der Waals surface area contributed by atoms with Crippen LogP contribution in [0.3, 0.4) is 0 Å². The summed E-state index contributed by atoms with van der Waals surface area (Å²) in [6.07, 6.45) is 7.44. The molecule has 0 aromatic rings. The minimum absolute atomic E-state index is 0.417. The van der Waals surface area contributed by atoms with Gasteiger partial charge >= 0.3 is 0 Å². The van der Waals surface area contributed by atoms with Crippen LogP contribution in [-0.2, 0) is 4.43 Å². The molecule has 0 N–H and O–H groups in total. The van der Waals surface area contributed by atoms with Crippen molar-refractivity contribution in [3.8, 4) is 18.4 Å². The topological polar surface area (TPSA) is 33.0 Å². The van der Waals surface area contributed by atoms with Crippen LogP contribution in [0.25, 0.3) is 0 Å². The van der Waals surface area contributed by atoms with Crippen molar-refractivity contribution in [2.45, 2.75) is 64.3 Å². The minimum atomic E-state index is -1.75. The molecule has 0 amide bonds. The summed E-state index contributed by atoms with van der Waals surface area (Å²) in [5.41, 5.74) is -1.10. The van der Waals surface area contributed by atoms with Crippen LogP contribution in [0.4, 0.5) is 0 Å². The lowest BCUT2D eigenvalue weighted by Crippen LogP contribution is -2.49. The van der Waals surface area contributed by atoms with Crippen LogP contribution in [0.15, 0.2) is 0 Å². The Morgan fingerprint density at radius 3 is 2.00 bits per heavy atom. The highest BCUT2D eigenvalue weighted by Gasteiger charge is 2.60. The Kier molecular flexibility index (Phi) is 4.07. The maximum atomic E-state index is 9.33. The zero-order valence-electron chi connectivity index (χ0n) is 11.5. The zero-order chi connectivity index (χ0) is 13.2. The van der Waals surface area contributed by atoms with Gasteiger partial charge in [0.1, 0.15) is 5.60 Å². The van der Waals surface area contributed by atoms with Crippen LogP contribution in [-0.4, -0.2) is 13.9 Å². The monoisotopic (exact) mass is 249 g/mol. The Morgan fingerprint density at radius 1 is 1.29 bits per heavy atom. The Morgan fingerprint density at radius 2 is 1.76 bits per heavy atom. The fourth-order valence-electron chi connectivity index (χ4n) is 2.49. The first-order chi connectivity index (χ1) is 7.97. The van der Waals surface area contributed by atoms with E-state index in [2.05, 4.69) is 32.8 Å². The second-order valence-corrected chi connectivity index (χ2v) is 9.91. The summed E-state index contributed by atoms with van der Waals surface area (Å²) >= 11 is 0. The number of nitriles is 1. The van der Waals surface area contributed by atoms with Gasteiger partial charge in [0.15, 0.2) is 8.32 Å². The molecule has 17 heavy (non-hydrogen) atoms. The first-order valence-corrected chi connectivity index (χ1v) is 9.09. The smallest absolute Gasteiger partial charge is 0.194 e. The SMILES string of the molecule is C#C[C@@](C)(O[Si](CC)(CC)CC)C1(C#N)CC1. The molecule has 2 nitrogen and oxygen atoms in total. The van der Waals surface area contributed by atoms with E-state index in [-0.39, 0.29) is 0 Å². The molecule has 0 unspecified atom stereocenters. The largest absolute Gasteiger partial charge is 0.400 e. The van der Waals surface area contributed by atoms with Gasteiger partial charge in [-0.05, 0) is 37.9 Å². The van der Waals surface area contributed by atoms with Crippen molar-refractivity contribution in [2.24, 2.45) is 5.41 Å². The van der Waals surface area contributed by atoms with Gasteiger partial charge in [-0.3, -0.25) is 0 Å². The normalized spacial score (nSPS) is 21.1. The molecule has 0 heterocycles. The van der Waals surface area contributed by atoms with Gasteiger partial charge in [0.25, 0.3) is 0 Å². The van der Waals surface area contributed by atoms with Gasteiger partial charge in [0.2, 0.25) is 0 Å². The third kappa shape index (κ3) is 2.27. The van der Waals surface area contributed by atoms with E-state index in [0.29, 0.717) is 0 Å². The molecule has 3 heteroatoms. The predicted molar refractivity (Wildman–Crippen MR) is 72.8 cm³/mol. The quantitative estimate of drug-likeness (QED) is 0.531. The van der Waals surface area contributed by atoms with Gasteiger partial charge < -0.3 is 4.43 Å². The van der Waals surface area contributed by atoms with E-state index in [1.807, 2.05) is 6.92 Å². The Balaban J connectivity index is 2.98. The lowest BCUT2D eigenvalue weighted by molar-refractivity contribution is 0.0827. The van der Waals surface area contributed by atoms with E-state index in [4.69, 9.17) is 10.8 Å². The van der Waals surface area contributed by atoms with Crippen LogP contribution in [0.2, 0.25) is 18.1 Å². The van der Waals surface area contributed by atoms with Crippen LogP contribution < -0.4 is 0 Å². The summed E-state index contributed by atoms with van der Waals surface area (Å²) < 4.78 is 6.42. The third-order valence-corrected chi connectivity index (χ3v) is 9.21.